The van der Waals surface area contributed by atoms with Gasteiger partial charge in [0.15, 0.2) is 0 Å². The number of alkyl halides is 3. The fraction of sp³-hybridized carbons (Fsp3) is 1.00. The molecule has 1 unspecified atom stereocenters. The molecule has 0 amide bonds. The molecule has 0 saturated carbocycles. The van der Waals surface area contributed by atoms with Crippen molar-refractivity contribution in [1.82, 2.24) is 10.4 Å². The Morgan fingerprint density at radius 1 is 1.31 bits per heavy atom. The summed E-state index contributed by atoms with van der Waals surface area (Å²) in [5.41, 5.74) is 3.19. The van der Waals surface area contributed by atoms with Crippen molar-refractivity contribution in [3.8, 4) is 0 Å². The zero-order valence-corrected chi connectivity index (χ0v) is 9.52. The first kappa shape index (κ1) is 13.7. The number of hydrazine groups is 1. The Morgan fingerprint density at radius 3 is 2.50 bits per heavy atom. The third-order valence-corrected chi connectivity index (χ3v) is 2.51. The number of ether oxygens (including phenoxy) is 1. The summed E-state index contributed by atoms with van der Waals surface area (Å²) >= 11 is 0. The zero-order chi connectivity index (χ0) is 12.0. The fourth-order valence-electron chi connectivity index (χ4n) is 1.68. The van der Waals surface area contributed by atoms with Crippen LogP contribution < -0.4 is 5.43 Å². The lowest BCUT2D eigenvalue weighted by Crippen LogP contribution is -2.49. The lowest BCUT2D eigenvalue weighted by atomic mass is 10.1. The van der Waals surface area contributed by atoms with Gasteiger partial charge in [-0.2, -0.15) is 13.2 Å². The molecular weight excluding hydrogens is 221 g/mol. The van der Waals surface area contributed by atoms with Crippen molar-refractivity contribution in [3.05, 3.63) is 0 Å². The van der Waals surface area contributed by atoms with Crippen LogP contribution in [0.4, 0.5) is 13.2 Å². The molecule has 0 radical (unpaired) electrons. The van der Waals surface area contributed by atoms with Gasteiger partial charge in [0.2, 0.25) is 0 Å². The van der Waals surface area contributed by atoms with Crippen LogP contribution in [0.2, 0.25) is 0 Å². The molecule has 1 saturated heterocycles. The Morgan fingerprint density at radius 2 is 1.94 bits per heavy atom. The van der Waals surface area contributed by atoms with E-state index in [0.717, 1.165) is 13.1 Å². The van der Waals surface area contributed by atoms with Gasteiger partial charge in [-0.1, -0.05) is 0 Å². The highest BCUT2D eigenvalue weighted by atomic mass is 19.4. The van der Waals surface area contributed by atoms with Crippen LogP contribution in [0, 0.1) is 0 Å². The molecule has 1 N–H and O–H groups in total. The third kappa shape index (κ3) is 6.30. The first-order valence-electron chi connectivity index (χ1n) is 5.63. The van der Waals surface area contributed by atoms with Gasteiger partial charge < -0.3 is 4.74 Å². The molecule has 16 heavy (non-hydrogen) atoms. The van der Waals surface area contributed by atoms with Crippen LogP contribution in [0.25, 0.3) is 0 Å². The number of morpholine rings is 1. The van der Waals surface area contributed by atoms with Crippen molar-refractivity contribution >= 4 is 0 Å². The van der Waals surface area contributed by atoms with Crippen molar-refractivity contribution in [1.29, 1.82) is 0 Å². The van der Waals surface area contributed by atoms with Crippen molar-refractivity contribution in [2.45, 2.75) is 38.4 Å². The molecule has 1 fully saturated rings. The Kier molecular flexibility index (Phi) is 5.51. The standard InChI is InChI=1S/C10H19F3N2O/c1-9(3-2-4-10(11,12)13)14-15-5-7-16-8-6-15/h9,14H,2-8H2,1H3. The molecule has 6 heteroatoms. The fourth-order valence-corrected chi connectivity index (χ4v) is 1.68. The third-order valence-electron chi connectivity index (χ3n) is 2.51. The summed E-state index contributed by atoms with van der Waals surface area (Å²) in [6, 6.07) is 0.0837. The van der Waals surface area contributed by atoms with Crippen molar-refractivity contribution < 1.29 is 17.9 Å². The van der Waals surface area contributed by atoms with Crippen LogP contribution in [0.1, 0.15) is 26.2 Å². The molecule has 0 aliphatic carbocycles. The van der Waals surface area contributed by atoms with Gasteiger partial charge in [0, 0.05) is 25.6 Å². The van der Waals surface area contributed by atoms with E-state index in [1.165, 1.54) is 0 Å². The number of hydrogen-bond donors (Lipinski definition) is 1. The summed E-state index contributed by atoms with van der Waals surface area (Å²) in [6.45, 7) is 4.86. The predicted molar refractivity (Wildman–Crippen MR) is 54.9 cm³/mol. The molecule has 1 atom stereocenters. The second-order valence-corrected chi connectivity index (χ2v) is 4.14. The van der Waals surface area contributed by atoms with Crippen LogP contribution in [0.15, 0.2) is 0 Å². The van der Waals surface area contributed by atoms with Crippen molar-refractivity contribution in [2.24, 2.45) is 0 Å². The zero-order valence-electron chi connectivity index (χ0n) is 9.52. The van der Waals surface area contributed by atoms with E-state index in [-0.39, 0.29) is 12.5 Å². The molecule has 0 spiro atoms. The Hall–Kier alpha value is -0.330. The van der Waals surface area contributed by atoms with Crippen molar-refractivity contribution in [2.75, 3.05) is 26.3 Å². The molecule has 1 heterocycles. The van der Waals surface area contributed by atoms with Gasteiger partial charge in [-0.3, -0.25) is 5.43 Å². The second-order valence-electron chi connectivity index (χ2n) is 4.14. The molecule has 3 nitrogen and oxygen atoms in total. The van der Waals surface area contributed by atoms with E-state index in [9.17, 15) is 13.2 Å². The molecule has 1 aliphatic heterocycles. The van der Waals surface area contributed by atoms with E-state index in [4.69, 9.17) is 4.74 Å². The monoisotopic (exact) mass is 240 g/mol. The largest absolute Gasteiger partial charge is 0.389 e. The first-order valence-corrected chi connectivity index (χ1v) is 5.63. The maximum absolute atomic E-state index is 11.9. The van der Waals surface area contributed by atoms with E-state index in [2.05, 4.69) is 5.43 Å². The second kappa shape index (κ2) is 6.42. The molecule has 1 aliphatic rings. The number of nitrogens with one attached hydrogen (secondary N) is 1. The number of rotatable bonds is 5. The average Bonchev–Trinajstić information content (AvgIpc) is 2.17. The minimum Gasteiger partial charge on any atom is -0.379 e. The minimum absolute atomic E-state index is 0.0837. The van der Waals surface area contributed by atoms with Gasteiger partial charge in [-0.05, 0) is 19.8 Å². The number of nitrogens with zero attached hydrogens (tertiary/aromatic N) is 1. The molecule has 0 aromatic heterocycles. The van der Waals surface area contributed by atoms with Crippen LogP contribution in [0.5, 0.6) is 0 Å². The van der Waals surface area contributed by atoms with Crippen molar-refractivity contribution in [3.63, 3.8) is 0 Å². The van der Waals surface area contributed by atoms with Gasteiger partial charge in [-0.15, -0.1) is 0 Å². The summed E-state index contributed by atoms with van der Waals surface area (Å²) in [6.07, 6.45) is -4.00. The van der Waals surface area contributed by atoms with Crippen LogP contribution in [-0.4, -0.2) is 43.5 Å². The normalized spacial score (nSPS) is 21.0. The highest BCUT2D eigenvalue weighted by Gasteiger charge is 2.26. The number of hydrogen-bond acceptors (Lipinski definition) is 3. The van der Waals surface area contributed by atoms with Crippen LogP contribution >= 0.6 is 0 Å². The van der Waals surface area contributed by atoms with E-state index in [1.54, 1.807) is 0 Å². The van der Waals surface area contributed by atoms with E-state index < -0.39 is 12.6 Å². The average molecular weight is 240 g/mol. The van der Waals surface area contributed by atoms with Crippen LogP contribution in [0.3, 0.4) is 0 Å². The highest BCUT2D eigenvalue weighted by Crippen LogP contribution is 2.22. The summed E-state index contributed by atoms with van der Waals surface area (Å²) in [5, 5.41) is 2.02. The van der Waals surface area contributed by atoms with Gasteiger partial charge >= 0.3 is 6.18 Å². The predicted octanol–water partition coefficient (Wildman–Crippen LogP) is 1.94. The lowest BCUT2D eigenvalue weighted by Gasteiger charge is -2.30. The molecule has 96 valence electrons. The topological polar surface area (TPSA) is 24.5 Å². The maximum atomic E-state index is 11.9. The lowest BCUT2D eigenvalue weighted by molar-refractivity contribution is -0.136. The quantitative estimate of drug-likeness (QED) is 0.795. The summed E-state index contributed by atoms with van der Waals surface area (Å²) in [4.78, 5) is 0. The Labute approximate surface area is 93.9 Å². The molecular formula is C10H19F3N2O. The maximum Gasteiger partial charge on any atom is 0.389 e. The van der Waals surface area contributed by atoms with Gasteiger partial charge in [0.05, 0.1) is 13.2 Å². The van der Waals surface area contributed by atoms with Gasteiger partial charge in [0.1, 0.15) is 0 Å². The summed E-state index contributed by atoms with van der Waals surface area (Å²) < 4.78 is 40.9. The molecule has 0 bridgehead atoms. The molecule has 0 aromatic carbocycles. The molecule has 1 rings (SSSR count). The SMILES string of the molecule is CC(CCCC(F)(F)F)NN1CCOCC1. The van der Waals surface area contributed by atoms with Gasteiger partial charge in [0.25, 0.3) is 0 Å². The van der Waals surface area contributed by atoms with Crippen LogP contribution in [-0.2, 0) is 4.74 Å². The van der Waals surface area contributed by atoms with E-state index >= 15 is 0 Å². The molecule has 0 aromatic rings. The van der Waals surface area contributed by atoms with E-state index in [0.29, 0.717) is 19.6 Å². The minimum atomic E-state index is -4.03. The number of halogens is 3. The highest BCUT2D eigenvalue weighted by molar-refractivity contribution is 4.64. The smallest absolute Gasteiger partial charge is 0.379 e. The van der Waals surface area contributed by atoms with Gasteiger partial charge in [-0.25, -0.2) is 5.01 Å². The summed E-state index contributed by atoms with van der Waals surface area (Å²) in [5.74, 6) is 0. The first-order chi connectivity index (χ1) is 7.47. The Balaban J connectivity index is 2.08. The Bertz CT molecular complexity index is 193. The van der Waals surface area contributed by atoms with E-state index in [1.807, 2.05) is 11.9 Å². The summed E-state index contributed by atoms with van der Waals surface area (Å²) in [7, 11) is 0.